The Bertz CT molecular complexity index is 561. The molecule has 0 atom stereocenters. The molecule has 1 aromatic carbocycles. The largest absolute Gasteiger partial charge is 0.357 e. The third-order valence-corrected chi connectivity index (χ3v) is 3.67. The second-order valence-corrected chi connectivity index (χ2v) is 5.54. The van der Waals surface area contributed by atoms with Crippen LogP contribution in [-0.2, 0) is 6.54 Å². The number of carbonyl (C=O) groups is 1. The van der Waals surface area contributed by atoms with Gasteiger partial charge in [0.05, 0.1) is 6.54 Å². The average molecular weight is 442 g/mol. The normalized spacial score (nSPS) is 14.2. The van der Waals surface area contributed by atoms with Gasteiger partial charge < -0.3 is 16.0 Å². The lowest BCUT2D eigenvalue weighted by Crippen LogP contribution is -2.42. The number of aliphatic imine (C=N–C) groups is 1. The topological polar surface area (TPSA) is 65.5 Å². The molecule has 3 N–H and O–H groups in total. The van der Waals surface area contributed by atoms with Crippen LogP contribution in [0.2, 0.25) is 0 Å². The lowest BCUT2D eigenvalue weighted by molar-refractivity contribution is 0.0956. The third kappa shape index (κ3) is 6.51. The summed E-state index contributed by atoms with van der Waals surface area (Å²) in [5.74, 6) is 0.806. The molecule has 0 spiro atoms. The van der Waals surface area contributed by atoms with Gasteiger partial charge in [0.2, 0.25) is 0 Å². The molecular formula is C18H27IN4O. The fourth-order valence-corrected chi connectivity index (χ4v) is 2.44. The summed E-state index contributed by atoms with van der Waals surface area (Å²) in [7, 11) is 0. The van der Waals surface area contributed by atoms with Gasteiger partial charge in [-0.25, -0.2) is 4.99 Å². The Balaban J connectivity index is 0.00000288. The molecule has 0 fully saturated rings. The van der Waals surface area contributed by atoms with Crippen molar-refractivity contribution in [3.63, 3.8) is 0 Å². The van der Waals surface area contributed by atoms with Crippen molar-refractivity contribution in [2.45, 2.75) is 39.3 Å². The van der Waals surface area contributed by atoms with Gasteiger partial charge in [0.25, 0.3) is 5.91 Å². The number of carbonyl (C=O) groups excluding carboxylic acids is 1. The average Bonchev–Trinajstić information content (AvgIpc) is 3.06. The molecular weight excluding hydrogens is 415 g/mol. The van der Waals surface area contributed by atoms with E-state index in [0.717, 1.165) is 30.9 Å². The monoisotopic (exact) mass is 442 g/mol. The molecule has 1 aromatic rings. The highest BCUT2D eigenvalue weighted by Gasteiger charge is 2.11. The summed E-state index contributed by atoms with van der Waals surface area (Å²) >= 11 is 0. The molecule has 6 heteroatoms. The number of hydrogen-bond donors (Lipinski definition) is 3. The molecule has 1 amide bonds. The van der Waals surface area contributed by atoms with E-state index in [1.165, 1.54) is 0 Å². The van der Waals surface area contributed by atoms with Crippen molar-refractivity contribution < 1.29 is 4.79 Å². The molecule has 0 saturated carbocycles. The summed E-state index contributed by atoms with van der Waals surface area (Å²) < 4.78 is 0. The predicted octanol–water partition coefficient (Wildman–Crippen LogP) is 2.83. The summed E-state index contributed by atoms with van der Waals surface area (Å²) in [6, 6.07) is 8.03. The molecule has 0 saturated heterocycles. The van der Waals surface area contributed by atoms with Crippen molar-refractivity contribution in [3.05, 3.63) is 47.5 Å². The van der Waals surface area contributed by atoms with Crippen LogP contribution < -0.4 is 16.0 Å². The summed E-state index contributed by atoms with van der Waals surface area (Å²) in [6.45, 7) is 6.03. The van der Waals surface area contributed by atoms with Crippen LogP contribution in [0.1, 0.15) is 42.6 Å². The molecule has 0 aromatic heterocycles. The molecule has 0 heterocycles. The number of hydrogen-bond acceptors (Lipinski definition) is 2. The number of amides is 1. The van der Waals surface area contributed by atoms with Crippen LogP contribution in [0.4, 0.5) is 0 Å². The standard InChI is InChI=1S/C18H26N4O.HI/c1-3-19-17(23)15-11-9-14(10-12-15)13-21-18(20-4-2)22-16-7-5-6-8-16;/h5-6,9-12,16H,3-4,7-8,13H2,1-2H3,(H,19,23)(H2,20,21,22);1H. The molecule has 0 bridgehead atoms. The fourth-order valence-electron chi connectivity index (χ4n) is 2.44. The van der Waals surface area contributed by atoms with Crippen molar-refractivity contribution in [1.82, 2.24) is 16.0 Å². The van der Waals surface area contributed by atoms with Crippen molar-refractivity contribution in [2.75, 3.05) is 13.1 Å². The molecule has 0 radical (unpaired) electrons. The zero-order valence-electron chi connectivity index (χ0n) is 14.3. The Morgan fingerprint density at radius 2 is 1.71 bits per heavy atom. The van der Waals surface area contributed by atoms with Crippen molar-refractivity contribution >= 4 is 35.8 Å². The van der Waals surface area contributed by atoms with Gasteiger partial charge in [-0.15, -0.1) is 24.0 Å². The number of nitrogens with zero attached hydrogens (tertiary/aromatic N) is 1. The van der Waals surface area contributed by atoms with Gasteiger partial charge in [0.15, 0.2) is 5.96 Å². The highest BCUT2D eigenvalue weighted by Crippen LogP contribution is 2.09. The Labute approximate surface area is 161 Å². The van der Waals surface area contributed by atoms with E-state index < -0.39 is 0 Å². The van der Waals surface area contributed by atoms with Crippen LogP contribution in [0.5, 0.6) is 0 Å². The highest BCUT2D eigenvalue weighted by atomic mass is 127. The highest BCUT2D eigenvalue weighted by molar-refractivity contribution is 14.0. The van der Waals surface area contributed by atoms with Crippen LogP contribution in [0.25, 0.3) is 0 Å². The summed E-state index contributed by atoms with van der Waals surface area (Å²) in [4.78, 5) is 16.4. The van der Waals surface area contributed by atoms with Gasteiger partial charge in [-0.3, -0.25) is 4.79 Å². The van der Waals surface area contributed by atoms with E-state index in [9.17, 15) is 4.79 Å². The van der Waals surface area contributed by atoms with Gasteiger partial charge in [0.1, 0.15) is 0 Å². The minimum atomic E-state index is -0.0358. The number of guanidine groups is 1. The molecule has 24 heavy (non-hydrogen) atoms. The number of nitrogens with one attached hydrogen (secondary N) is 3. The fraction of sp³-hybridized carbons (Fsp3) is 0.444. The molecule has 5 nitrogen and oxygen atoms in total. The Morgan fingerprint density at radius 1 is 1.08 bits per heavy atom. The van der Waals surface area contributed by atoms with Crippen LogP contribution in [0.3, 0.4) is 0 Å². The summed E-state index contributed by atoms with van der Waals surface area (Å²) in [5.41, 5.74) is 1.77. The lowest BCUT2D eigenvalue weighted by atomic mass is 10.1. The predicted molar refractivity (Wildman–Crippen MR) is 110 cm³/mol. The first kappa shape index (κ1) is 20.5. The lowest BCUT2D eigenvalue weighted by Gasteiger charge is -2.16. The van der Waals surface area contributed by atoms with Crippen LogP contribution in [-0.4, -0.2) is 31.0 Å². The Kier molecular flexibility index (Phi) is 9.44. The van der Waals surface area contributed by atoms with Gasteiger partial charge >= 0.3 is 0 Å². The van der Waals surface area contributed by atoms with Crippen molar-refractivity contribution in [3.8, 4) is 0 Å². The SMILES string of the molecule is CCNC(=O)c1ccc(CN=C(NCC)NC2CC=CC2)cc1.I. The van der Waals surface area contributed by atoms with E-state index in [0.29, 0.717) is 24.7 Å². The van der Waals surface area contributed by atoms with Crippen LogP contribution >= 0.6 is 24.0 Å². The summed E-state index contributed by atoms with van der Waals surface area (Å²) in [6.07, 6.45) is 6.49. The van der Waals surface area contributed by atoms with Crippen molar-refractivity contribution in [2.24, 2.45) is 4.99 Å². The van der Waals surface area contributed by atoms with Gasteiger partial charge in [-0.2, -0.15) is 0 Å². The van der Waals surface area contributed by atoms with Crippen LogP contribution in [0, 0.1) is 0 Å². The number of rotatable bonds is 6. The van der Waals surface area contributed by atoms with Gasteiger partial charge in [-0.05, 0) is 44.4 Å². The zero-order valence-corrected chi connectivity index (χ0v) is 16.7. The van der Waals surface area contributed by atoms with Crippen molar-refractivity contribution in [1.29, 1.82) is 0 Å². The quantitative estimate of drug-likeness (QED) is 0.275. The molecule has 1 aliphatic carbocycles. The summed E-state index contributed by atoms with van der Waals surface area (Å²) in [5, 5.41) is 9.52. The molecule has 0 aliphatic heterocycles. The maximum absolute atomic E-state index is 11.7. The van der Waals surface area contributed by atoms with E-state index in [1.54, 1.807) is 0 Å². The second-order valence-electron chi connectivity index (χ2n) is 5.54. The molecule has 1 aliphatic rings. The first-order valence-corrected chi connectivity index (χ1v) is 8.30. The zero-order chi connectivity index (χ0) is 16.5. The minimum absolute atomic E-state index is 0. The molecule has 0 unspecified atom stereocenters. The first-order valence-electron chi connectivity index (χ1n) is 8.30. The van der Waals surface area contributed by atoms with E-state index >= 15 is 0 Å². The van der Waals surface area contributed by atoms with E-state index in [4.69, 9.17) is 0 Å². The molecule has 2 rings (SSSR count). The second kappa shape index (κ2) is 11.1. The first-order chi connectivity index (χ1) is 11.2. The van der Waals surface area contributed by atoms with Gasteiger partial charge in [0, 0.05) is 24.7 Å². The Morgan fingerprint density at radius 3 is 2.29 bits per heavy atom. The number of halogens is 1. The minimum Gasteiger partial charge on any atom is -0.357 e. The smallest absolute Gasteiger partial charge is 0.251 e. The number of benzene rings is 1. The van der Waals surface area contributed by atoms with Gasteiger partial charge in [-0.1, -0.05) is 24.3 Å². The third-order valence-electron chi connectivity index (χ3n) is 3.67. The van der Waals surface area contributed by atoms with E-state index in [2.05, 4.69) is 40.0 Å². The van der Waals surface area contributed by atoms with E-state index in [-0.39, 0.29) is 29.9 Å². The maximum atomic E-state index is 11.7. The maximum Gasteiger partial charge on any atom is 0.251 e. The Hall–Kier alpha value is -1.57. The van der Waals surface area contributed by atoms with E-state index in [1.807, 2.05) is 31.2 Å². The molecule has 132 valence electrons. The van der Waals surface area contributed by atoms with Crippen LogP contribution in [0.15, 0.2) is 41.4 Å².